The Bertz CT molecular complexity index is 612. The van der Waals surface area contributed by atoms with E-state index in [-0.39, 0.29) is 10.6 Å². The number of morpholine rings is 1. The van der Waals surface area contributed by atoms with Gasteiger partial charge in [0.1, 0.15) is 5.75 Å². The molecule has 0 radical (unpaired) electrons. The summed E-state index contributed by atoms with van der Waals surface area (Å²) in [4.78, 5) is 13.5. The molecule has 1 heterocycles. The van der Waals surface area contributed by atoms with Crippen molar-refractivity contribution in [3.8, 4) is 0 Å². The highest BCUT2D eigenvalue weighted by Crippen LogP contribution is 2.24. The van der Waals surface area contributed by atoms with Crippen LogP contribution in [0.15, 0.2) is 27.6 Å². The topological polar surface area (TPSA) is 89.7 Å². The van der Waals surface area contributed by atoms with Crippen LogP contribution in [0.25, 0.3) is 0 Å². The quantitative estimate of drug-likeness (QED) is 0.797. The van der Waals surface area contributed by atoms with Gasteiger partial charge in [0.15, 0.2) is 9.84 Å². The van der Waals surface area contributed by atoms with E-state index in [9.17, 15) is 13.2 Å². The Kier molecular flexibility index (Phi) is 4.66. The maximum absolute atomic E-state index is 12.2. The first kappa shape index (κ1) is 15.3. The fourth-order valence-corrected chi connectivity index (χ4v) is 3.68. The third-order valence-electron chi connectivity index (χ3n) is 2.98. The number of anilines is 1. The highest BCUT2D eigenvalue weighted by atomic mass is 79.9. The van der Waals surface area contributed by atoms with E-state index in [1.54, 1.807) is 6.07 Å². The first-order valence-electron chi connectivity index (χ1n) is 6.03. The van der Waals surface area contributed by atoms with Gasteiger partial charge < -0.3 is 15.4 Å². The predicted octanol–water partition coefficient (Wildman–Crippen LogP) is 0.664. The van der Waals surface area contributed by atoms with Gasteiger partial charge in [-0.1, -0.05) is 15.9 Å². The maximum atomic E-state index is 12.2. The van der Waals surface area contributed by atoms with Crippen molar-refractivity contribution in [2.75, 3.05) is 37.8 Å². The number of halogens is 1. The number of nitrogen functional groups attached to an aromatic ring is 1. The maximum Gasteiger partial charge on any atom is 0.238 e. The summed E-state index contributed by atoms with van der Waals surface area (Å²) >= 11 is 3.21. The largest absolute Gasteiger partial charge is 0.398 e. The number of sulfone groups is 1. The van der Waals surface area contributed by atoms with Crippen LogP contribution in [0.4, 0.5) is 5.69 Å². The number of amides is 1. The molecular formula is C12H15BrN2O4S. The average Bonchev–Trinajstić information content (AvgIpc) is 2.38. The standard InChI is InChI=1S/C12H15BrN2O4S/c13-9-1-2-11(10(14)7-9)20(17,18)8-12(16)15-3-5-19-6-4-15/h1-2,7H,3-6,8,14H2. The van der Waals surface area contributed by atoms with E-state index in [0.717, 1.165) is 0 Å². The number of carbonyl (C=O) groups excluding carboxylic acids is 1. The van der Waals surface area contributed by atoms with Crippen molar-refractivity contribution in [1.82, 2.24) is 4.90 Å². The first-order chi connectivity index (χ1) is 9.40. The minimum absolute atomic E-state index is 0.0118. The second-order valence-corrected chi connectivity index (χ2v) is 7.31. The zero-order chi connectivity index (χ0) is 14.8. The lowest BCUT2D eigenvalue weighted by Crippen LogP contribution is -2.43. The van der Waals surface area contributed by atoms with Gasteiger partial charge in [0.25, 0.3) is 0 Å². The molecule has 1 aliphatic heterocycles. The Balaban J connectivity index is 2.16. The molecule has 6 nitrogen and oxygen atoms in total. The summed E-state index contributed by atoms with van der Waals surface area (Å²) in [5.41, 5.74) is 5.84. The van der Waals surface area contributed by atoms with Crippen molar-refractivity contribution < 1.29 is 17.9 Å². The molecule has 0 saturated carbocycles. The van der Waals surface area contributed by atoms with Crippen LogP contribution in [0.1, 0.15) is 0 Å². The molecule has 0 bridgehead atoms. The number of hydrogen-bond acceptors (Lipinski definition) is 5. The van der Waals surface area contributed by atoms with E-state index in [4.69, 9.17) is 10.5 Å². The number of benzene rings is 1. The van der Waals surface area contributed by atoms with E-state index in [1.807, 2.05) is 0 Å². The normalized spacial score (nSPS) is 16.1. The Morgan fingerprint density at radius 2 is 2.00 bits per heavy atom. The molecule has 2 N–H and O–H groups in total. The van der Waals surface area contributed by atoms with Crippen molar-refractivity contribution in [3.63, 3.8) is 0 Å². The van der Waals surface area contributed by atoms with Crippen molar-refractivity contribution in [2.24, 2.45) is 0 Å². The molecule has 1 aliphatic rings. The summed E-state index contributed by atoms with van der Waals surface area (Å²) in [7, 11) is -3.73. The van der Waals surface area contributed by atoms with Gasteiger partial charge in [-0.15, -0.1) is 0 Å². The smallest absolute Gasteiger partial charge is 0.238 e. The van der Waals surface area contributed by atoms with E-state index < -0.39 is 21.5 Å². The van der Waals surface area contributed by atoms with E-state index >= 15 is 0 Å². The summed E-state index contributed by atoms with van der Waals surface area (Å²) in [5.74, 6) is -0.991. The summed E-state index contributed by atoms with van der Waals surface area (Å²) in [6, 6.07) is 4.50. The molecule has 1 fully saturated rings. The molecule has 0 atom stereocenters. The second kappa shape index (κ2) is 6.11. The zero-order valence-corrected chi connectivity index (χ0v) is 13.1. The highest BCUT2D eigenvalue weighted by Gasteiger charge is 2.26. The summed E-state index contributed by atoms with van der Waals surface area (Å²) in [6.45, 7) is 1.72. The summed E-state index contributed by atoms with van der Waals surface area (Å²) in [5, 5.41) is 0. The van der Waals surface area contributed by atoms with Gasteiger partial charge in [0.05, 0.1) is 23.8 Å². The van der Waals surface area contributed by atoms with Gasteiger partial charge in [-0.05, 0) is 18.2 Å². The molecule has 0 aromatic heterocycles. The van der Waals surface area contributed by atoms with Gasteiger partial charge >= 0.3 is 0 Å². The minimum atomic E-state index is -3.73. The highest BCUT2D eigenvalue weighted by molar-refractivity contribution is 9.10. The number of nitrogens with two attached hydrogens (primary N) is 1. The lowest BCUT2D eigenvalue weighted by molar-refractivity contribution is -0.132. The Morgan fingerprint density at radius 3 is 2.60 bits per heavy atom. The number of nitrogens with zero attached hydrogens (tertiary/aromatic N) is 1. The van der Waals surface area contributed by atoms with Crippen LogP contribution >= 0.6 is 15.9 Å². The molecule has 1 saturated heterocycles. The van der Waals surface area contributed by atoms with Crippen molar-refractivity contribution in [2.45, 2.75) is 4.90 Å². The second-order valence-electron chi connectivity index (χ2n) is 4.43. The lowest BCUT2D eigenvalue weighted by atomic mass is 10.3. The minimum Gasteiger partial charge on any atom is -0.398 e. The molecule has 1 aromatic carbocycles. The number of rotatable bonds is 3. The van der Waals surface area contributed by atoms with E-state index in [2.05, 4.69) is 15.9 Å². The van der Waals surface area contributed by atoms with Gasteiger partial charge in [0, 0.05) is 17.6 Å². The van der Waals surface area contributed by atoms with Crippen LogP contribution in [0.2, 0.25) is 0 Å². The molecule has 20 heavy (non-hydrogen) atoms. The Morgan fingerprint density at radius 1 is 1.35 bits per heavy atom. The zero-order valence-electron chi connectivity index (χ0n) is 10.7. The van der Waals surface area contributed by atoms with Gasteiger partial charge in [0.2, 0.25) is 5.91 Å². The molecule has 0 spiro atoms. The van der Waals surface area contributed by atoms with Crippen molar-refractivity contribution in [3.05, 3.63) is 22.7 Å². The first-order valence-corrected chi connectivity index (χ1v) is 8.48. The van der Waals surface area contributed by atoms with Crippen molar-refractivity contribution >= 4 is 37.4 Å². The van der Waals surface area contributed by atoms with Gasteiger partial charge in [-0.3, -0.25) is 4.79 Å². The van der Waals surface area contributed by atoms with Crippen LogP contribution in [0.5, 0.6) is 0 Å². The third-order valence-corrected chi connectivity index (χ3v) is 5.15. The van der Waals surface area contributed by atoms with Gasteiger partial charge in [-0.2, -0.15) is 0 Å². The average molecular weight is 363 g/mol. The molecular weight excluding hydrogens is 348 g/mol. The SMILES string of the molecule is Nc1cc(Br)ccc1S(=O)(=O)CC(=O)N1CCOCC1. The molecule has 8 heteroatoms. The van der Waals surface area contributed by atoms with E-state index in [1.165, 1.54) is 17.0 Å². The van der Waals surface area contributed by atoms with Crippen LogP contribution in [0, 0.1) is 0 Å². The predicted molar refractivity (Wildman–Crippen MR) is 78.0 cm³/mol. The van der Waals surface area contributed by atoms with Crippen LogP contribution < -0.4 is 5.73 Å². The molecule has 0 aliphatic carbocycles. The molecule has 1 amide bonds. The van der Waals surface area contributed by atoms with Crippen LogP contribution in [-0.2, 0) is 19.4 Å². The van der Waals surface area contributed by atoms with Crippen LogP contribution in [0.3, 0.4) is 0 Å². The van der Waals surface area contributed by atoms with E-state index in [0.29, 0.717) is 30.8 Å². The fourth-order valence-electron chi connectivity index (χ4n) is 1.95. The van der Waals surface area contributed by atoms with Crippen LogP contribution in [-0.4, -0.2) is 51.3 Å². The number of ether oxygens (including phenoxy) is 1. The lowest BCUT2D eigenvalue weighted by Gasteiger charge is -2.26. The van der Waals surface area contributed by atoms with Gasteiger partial charge in [-0.25, -0.2) is 8.42 Å². The molecule has 2 rings (SSSR count). The molecule has 0 unspecified atom stereocenters. The Hall–Kier alpha value is -1.12. The monoisotopic (exact) mass is 362 g/mol. The Labute approximate surface area is 125 Å². The fraction of sp³-hybridized carbons (Fsp3) is 0.417. The molecule has 110 valence electrons. The van der Waals surface area contributed by atoms with Crippen molar-refractivity contribution in [1.29, 1.82) is 0 Å². The molecule has 1 aromatic rings. The third kappa shape index (κ3) is 3.50. The number of carbonyl (C=O) groups is 1. The number of hydrogen-bond donors (Lipinski definition) is 1. The summed E-state index contributed by atoms with van der Waals surface area (Å²) in [6.07, 6.45) is 0. The summed E-state index contributed by atoms with van der Waals surface area (Å²) < 4.78 is 30.3.